The fourth-order valence-corrected chi connectivity index (χ4v) is 6.48. The summed E-state index contributed by atoms with van der Waals surface area (Å²) in [6, 6.07) is 16.8. The first-order valence-electron chi connectivity index (χ1n) is 13.5. The summed E-state index contributed by atoms with van der Waals surface area (Å²) in [5, 5.41) is 8.13. The van der Waals surface area contributed by atoms with Crippen LogP contribution in [0.3, 0.4) is 0 Å². The quantitative estimate of drug-likeness (QED) is 0.297. The molecule has 3 aromatic carbocycles. The monoisotopic (exact) mass is 634 g/mol. The van der Waals surface area contributed by atoms with E-state index >= 15 is 0 Å². The molecule has 4 rings (SSSR count). The maximum atomic E-state index is 14.1. The van der Waals surface area contributed by atoms with E-state index in [1.54, 1.807) is 56.3 Å². The summed E-state index contributed by atoms with van der Waals surface area (Å²) in [4.78, 5) is 15.8. The maximum Gasteiger partial charge on any atom is 0.346 e. The molecular weight excluding hydrogens is 599 g/mol. The van der Waals surface area contributed by atoms with Crippen LogP contribution in [0, 0.1) is 0 Å². The number of hydrogen-bond acceptors (Lipinski definition) is 8. The summed E-state index contributed by atoms with van der Waals surface area (Å²) in [6.45, 7) is 3.92. The lowest BCUT2D eigenvalue weighted by molar-refractivity contribution is -0.152. The fraction of sp³-hybridized carbons (Fsp3) is 0.367. The zero-order valence-electron chi connectivity index (χ0n) is 24.4. The van der Waals surface area contributed by atoms with Crippen molar-refractivity contribution in [3.05, 3.63) is 87.4 Å². The van der Waals surface area contributed by atoms with E-state index in [4.69, 9.17) is 32.7 Å². The number of nitrogens with zero attached hydrogens (tertiary/aromatic N) is 2. The molecule has 1 saturated heterocycles. The van der Waals surface area contributed by atoms with Crippen molar-refractivity contribution in [3.63, 3.8) is 0 Å². The topological polar surface area (TPSA) is 100 Å². The highest BCUT2D eigenvalue weighted by molar-refractivity contribution is 7.89. The molecule has 1 aliphatic rings. The van der Waals surface area contributed by atoms with Gasteiger partial charge in [-0.3, -0.25) is 10.6 Å². The number of anilines is 1. The third kappa shape index (κ3) is 6.10. The Morgan fingerprint density at radius 3 is 1.76 bits per heavy atom. The Kier molecular flexibility index (Phi) is 9.76. The Morgan fingerprint density at radius 1 is 0.857 bits per heavy atom. The Bertz CT molecular complexity index is 1480. The van der Waals surface area contributed by atoms with Crippen LogP contribution in [0.5, 0.6) is 5.75 Å². The molecule has 2 unspecified atom stereocenters. The van der Waals surface area contributed by atoms with E-state index in [2.05, 4.69) is 10.6 Å². The summed E-state index contributed by atoms with van der Waals surface area (Å²) in [5.74, 6) is -0.300. The van der Waals surface area contributed by atoms with E-state index in [-0.39, 0.29) is 23.7 Å². The van der Waals surface area contributed by atoms with Crippen molar-refractivity contribution in [2.45, 2.75) is 36.5 Å². The average molecular weight is 636 g/mol. The minimum absolute atomic E-state index is 0.0150. The maximum absolute atomic E-state index is 14.1. The van der Waals surface area contributed by atoms with E-state index in [1.165, 1.54) is 20.2 Å². The van der Waals surface area contributed by atoms with Gasteiger partial charge in [0.15, 0.2) is 0 Å². The Morgan fingerprint density at radius 2 is 1.36 bits per heavy atom. The summed E-state index contributed by atoms with van der Waals surface area (Å²) < 4.78 is 40.1. The molecule has 1 heterocycles. The van der Waals surface area contributed by atoms with E-state index in [0.29, 0.717) is 21.5 Å². The van der Waals surface area contributed by atoms with E-state index < -0.39 is 33.7 Å². The van der Waals surface area contributed by atoms with Gasteiger partial charge in [0.1, 0.15) is 10.6 Å². The molecule has 42 heavy (non-hydrogen) atoms. The lowest BCUT2D eigenvalue weighted by Gasteiger charge is -2.32. The summed E-state index contributed by atoms with van der Waals surface area (Å²) in [7, 11) is 2.48. The van der Waals surface area contributed by atoms with Crippen molar-refractivity contribution in [3.8, 4) is 5.75 Å². The van der Waals surface area contributed by atoms with Crippen molar-refractivity contribution in [1.82, 2.24) is 14.9 Å². The molecule has 9 nitrogen and oxygen atoms in total. The predicted octanol–water partition coefficient (Wildman–Crippen LogP) is 5.10. The number of hydrogen-bond donors (Lipinski definition) is 2. The number of nitrogens with one attached hydrogen (secondary N) is 2. The molecule has 0 bridgehead atoms. The van der Waals surface area contributed by atoms with Crippen molar-refractivity contribution in [1.29, 1.82) is 0 Å². The molecule has 3 aromatic rings. The standard InChI is InChI=1S/C30H36Cl2N4O5S/c1-7-40-25-18-24(35(3)4)26(42(38,39)36(5)6)17-23(25)30(29(37)41-8-2)33-27(19-9-13-21(31)14-10-19)28(34-30)20-11-15-22(32)16-12-20/h9-18,27-28,33-34H,7-8H2,1-6H3. The highest BCUT2D eigenvalue weighted by Gasteiger charge is 2.54. The number of halogens is 2. The average Bonchev–Trinajstić information content (AvgIpc) is 3.35. The molecule has 1 aliphatic heterocycles. The van der Waals surface area contributed by atoms with Crippen LogP contribution in [0.1, 0.15) is 42.6 Å². The molecule has 0 aliphatic carbocycles. The van der Waals surface area contributed by atoms with Crippen LogP contribution >= 0.6 is 23.2 Å². The lowest BCUT2D eigenvalue weighted by atomic mass is 9.95. The summed E-state index contributed by atoms with van der Waals surface area (Å²) in [5.41, 5.74) is 0.695. The van der Waals surface area contributed by atoms with Gasteiger partial charge in [0.25, 0.3) is 0 Å². The van der Waals surface area contributed by atoms with Gasteiger partial charge in [-0.05, 0) is 55.3 Å². The second-order valence-electron chi connectivity index (χ2n) is 10.2. The molecule has 0 spiro atoms. The number of carbonyl (C=O) groups is 1. The van der Waals surface area contributed by atoms with Gasteiger partial charge >= 0.3 is 5.97 Å². The third-order valence-corrected chi connectivity index (χ3v) is 9.47. The van der Waals surface area contributed by atoms with Gasteiger partial charge in [0.2, 0.25) is 15.7 Å². The smallest absolute Gasteiger partial charge is 0.346 e. The van der Waals surface area contributed by atoms with Crippen molar-refractivity contribution < 1.29 is 22.7 Å². The molecule has 2 atom stereocenters. The SMILES string of the molecule is CCOC(=O)C1(c2cc(S(=O)(=O)N(C)C)c(N(C)C)cc2OCC)NC(c2ccc(Cl)cc2)C(c2ccc(Cl)cc2)N1. The first-order valence-corrected chi connectivity index (χ1v) is 15.7. The largest absolute Gasteiger partial charge is 0.493 e. The van der Waals surface area contributed by atoms with Crippen molar-refractivity contribution in [2.24, 2.45) is 0 Å². The van der Waals surface area contributed by atoms with Crippen LogP contribution in [-0.2, 0) is 25.2 Å². The van der Waals surface area contributed by atoms with Gasteiger partial charge in [0, 0.05) is 49.9 Å². The number of esters is 1. The number of carbonyl (C=O) groups excluding carboxylic acids is 1. The summed E-state index contributed by atoms with van der Waals surface area (Å²) >= 11 is 12.4. The molecule has 0 saturated carbocycles. The van der Waals surface area contributed by atoms with Gasteiger partial charge in [-0.2, -0.15) is 0 Å². The van der Waals surface area contributed by atoms with Gasteiger partial charge < -0.3 is 14.4 Å². The van der Waals surface area contributed by atoms with Crippen molar-refractivity contribution >= 4 is 44.9 Å². The highest BCUT2D eigenvalue weighted by atomic mass is 35.5. The van der Waals surface area contributed by atoms with Crippen LogP contribution in [0.2, 0.25) is 10.0 Å². The van der Waals surface area contributed by atoms with Gasteiger partial charge in [-0.15, -0.1) is 0 Å². The van der Waals surface area contributed by atoms with Crippen LogP contribution in [-0.4, -0.2) is 60.1 Å². The normalized spacial score (nSPS) is 20.5. The molecule has 0 radical (unpaired) electrons. The second-order valence-corrected chi connectivity index (χ2v) is 13.2. The minimum Gasteiger partial charge on any atom is -0.493 e. The minimum atomic E-state index is -3.94. The Hall–Kier alpha value is -2.86. The molecular formula is C30H36Cl2N4O5S. The van der Waals surface area contributed by atoms with E-state index in [1.807, 2.05) is 31.2 Å². The number of rotatable bonds is 10. The second kappa shape index (κ2) is 12.8. The first-order chi connectivity index (χ1) is 19.8. The van der Waals surface area contributed by atoms with Gasteiger partial charge in [-0.1, -0.05) is 47.5 Å². The van der Waals surface area contributed by atoms with E-state index in [9.17, 15) is 13.2 Å². The molecule has 0 aromatic heterocycles. The molecule has 0 amide bonds. The Balaban J connectivity index is 2.04. The zero-order valence-corrected chi connectivity index (χ0v) is 26.8. The fourth-order valence-electron chi connectivity index (χ4n) is 5.06. The van der Waals surface area contributed by atoms with Gasteiger partial charge in [-0.25, -0.2) is 17.5 Å². The first kappa shape index (κ1) is 32.1. The number of sulfonamides is 1. The lowest BCUT2D eigenvalue weighted by Crippen LogP contribution is -2.54. The molecule has 226 valence electrons. The number of benzene rings is 3. The zero-order chi connectivity index (χ0) is 30.8. The highest BCUT2D eigenvalue weighted by Crippen LogP contribution is 2.46. The predicted molar refractivity (Wildman–Crippen MR) is 166 cm³/mol. The van der Waals surface area contributed by atoms with Crippen LogP contribution < -0.4 is 20.3 Å². The van der Waals surface area contributed by atoms with Gasteiger partial charge in [0.05, 0.1) is 31.0 Å². The van der Waals surface area contributed by atoms with Crippen LogP contribution in [0.15, 0.2) is 65.6 Å². The van der Waals surface area contributed by atoms with Crippen molar-refractivity contribution in [2.75, 3.05) is 46.3 Å². The van der Waals surface area contributed by atoms with Crippen LogP contribution in [0.25, 0.3) is 0 Å². The number of ether oxygens (including phenoxy) is 2. The molecule has 12 heteroatoms. The van der Waals surface area contributed by atoms with E-state index in [0.717, 1.165) is 15.4 Å². The Labute approximate surface area is 257 Å². The summed E-state index contributed by atoms with van der Waals surface area (Å²) in [6.07, 6.45) is 0. The third-order valence-electron chi connectivity index (χ3n) is 7.12. The molecule has 1 fully saturated rings. The van der Waals surface area contributed by atoms with Crippen LogP contribution in [0.4, 0.5) is 5.69 Å². The molecule has 2 N–H and O–H groups in total.